The van der Waals surface area contributed by atoms with Crippen LogP contribution in [-0.4, -0.2) is 39.0 Å². The summed E-state index contributed by atoms with van der Waals surface area (Å²) < 4.78 is 6.00. The monoisotopic (exact) mass is 377 g/mol. The van der Waals surface area contributed by atoms with E-state index in [9.17, 15) is 9.90 Å². The lowest BCUT2D eigenvalue weighted by molar-refractivity contribution is 0.0697. The molecule has 28 heavy (non-hydrogen) atoms. The van der Waals surface area contributed by atoms with Gasteiger partial charge in [0.15, 0.2) is 0 Å². The minimum Gasteiger partial charge on any atom is -0.478 e. The van der Waals surface area contributed by atoms with Gasteiger partial charge < -0.3 is 9.52 Å². The molecule has 3 aromatic rings. The van der Waals surface area contributed by atoms with E-state index in [-0.39, 0.29) is 5.56 Å². The van der Waals surface area contributed by atoms with Crippen molar-refractivity contribution in [2.45, 2.75) is 32.2 Å². The number of carboxylic acids is 1. The van der Waals surface area contributed by atoms with Crippen LogP contribution in [0.1, 0.15) is 46.1 Å². The number of hydrogen-bond donors (Lipinski definition) is 1. The topological polar surface area (TPSA) is 79.5 Å². The van der Waals surface area contributed by atoms with E-state index in [1.807, 2.05) is 24.4 Å². The molecule has 0 spiro atoms. The predicted octanol–water partition coefficient (Wildman–Crippen LogP) is 4.12. The van der Waals surface area contributed by atoms with E-state index in [1.165, 1.54) is 0 Å². The molecule has 1 atom stereocenters. The van der Waals surface area contributed by atoms with Crippen LogP contribution in [0.5, 0.6) is 0 Å². The molecule has 144 valence electrons. The van der Waals surface area contributed by atoms with Gasteiger partial charge in [-0.2, -0.15) is 0 Å². The van der Waals surface area contributed by atoms with Crippen LogP contribution in [0, 0.1) is 6.92 Å². The number of furan rings is 1. The molecule has 1 aromatic carbocycles. The first-order valence-electron chi connectivity index (χ1n) is 9.52. The van der Waals surface area contributed by atoms with E-state index >= 15 is 0 Å². The molecular weight excluding hydrogens is 354 g/mol. The number of nitrogens with zero attached hydrogens (tertiary/aromatic N) is 3. The molecule has 0 bridgehead atoms. The third-order valence-corrected chi connectivity index (χ3v) is 5.29. The van der Waals surface area contributed by atoms with Crippen molar-refractivity contribution in [1.29, 1.82) is 0 Å². The number of hydrogen-bond acceptors (Lipinski definition) is 5. The zero-order valence-electron chi connectivity index (χ0n) is 15.8. The molecule has 4 rings (SSSR count). The molecule has 1 aliphatic heterocycles. The molecule has 1 aliphatic rings. The lowest BCUT2D eigenvalue weighted by atomic mass is 9.92. The number of likely N-dealkylation sites (tertiary alicyclic amines) is 1. The Bertz CT molecular complexity index is 982. The largest absolute Gasteiger partial charge is 0.478 e. The molecule has 1 saturated heterocycles. The summed E-state index contributed by atoms with van der Waals surface area (Å²) in [5, 5.41) is 9.39. The van der Waals surface area contributed by atoms with Gasteiger partial charge in [0.2, 0.25) is 0 Å². The maximum atomic E-state index is 11.5. The Morgan fingerprint density at radius 3 is 2.96 bits per heavy atom. The standard InChI is InChI=1S/C22H23N3O3/c1-15-11-23-14-24-21(15)16-5-4-10-25(12-16)13-17-8-9-20(28-17)18-6-2-3-7-19(18)22(26)27/h2-3,6-9,11,14,16H,4-5,10,12-13H2,1H3,(H,26,27)/t16-/m1/s1. The van der Waals surface area contributed by atoms with Crippen LogP contribution in [0.2, 0.25) is 0 Å². The maximum Gasteiger partial charge on any atom is 0.336 e. The number of carboxylic acid groups (broad SMARTS) is 1. The molecule has 6 nitrogen and oxygen atoms in total. The van der Waals surface area contributed by atoms with Gasteiger partial charge in [0.05, 0.1) is 17.8 Å². The fraction of sp³-hybridized carbons (Fsp3) is 0.318. The fourth-order valence-corrected chi connectivity index (χ4v) is 3.97. The zero-order chi connectivity index (χ0) is 19.5. The second-order valence-electron chi connectivity index (χ2n) is 7.28. The first-order chi connectivity index (χ1) is 13.6. The van der Waals surface area contributed by atoms with Crippen molar-refractivity contribution in [3.05, 3.63) is 71.5 Å². The minimum atomic E-state index is -0.951. The number of aryl methyl sites for hydroxylation is 1. The highest BCUT2D eigenvalue weighted by Crippen LogP contribution is 2.30. The summed E-state index contributed by atoms with van der Waals surface area (Å²) in [6.07, 6.45) is 5.74. The summed E-state index contributed by atoms with van der Waals surface area (Å²) >= 11 is 0. The van der Waals surface area contributed by atoms with Crippen LogP contribution in [0.3, 0.4) is 0 Å². The molecule has 0 radical (unpaired) electrons. The van der Waals surface area contributed by atoms with E-state index in [2.05, 4.69) is 21.8 Å². The van der Waals surface area contributed by atoms with Crippen molar-refractivity contribution < 1.29 is 14.3 Å². The highest BCUT2D eigenvalue weighted by molar-refractivity contribution is 5.95. The second-order valence-corrected chi connectivity index (χ2v) is 7.28. The molecule has 0 aliphatic carbocycles. The van der Waals surface area contributed by atoms with Crippen molar-refractivity contribution in [3.63, 3.8) is 0 Å². The number of piperidine rings is 1. The third-order valence-electron chi connectivity index (χ3n) is 5.29. The lowest BCUT2D eigenvalue weighted by Gasteiger charge is -2.32. The Morgan fingerprint density at radius 1 is 1.29 bits per heavy atom. The number of aromatic carboxylic acids is 1. The van der Waals surface area contributed by atoms with Gasteiger partial charge in [0.1, 0.15) is 17.8 Å². The summed E-state index contributed by atoms with van der Waals surface area (Å²) in [5.41, 5.74) is 3.13. The zero-order valence-corrected chi connectivity index (χ0v) is 15.8. The van der Waals surface area contributed by atoms with Crippen LogP contribution in [-0.2, 0) is 6.54 Å². The van der Waals surface area contributed by atoms with Crippen LogP contribution in [0.25, 0.3) is 11.3 Å². The molecule has 3 heterocycles. The Balaban J connectivity index is 1.49. The Labute approximate surface area is 163 Å². The molecule has 0 amide bonds. The number of aromatic nitrogens is 2. The molecular formula is C22H23N3O3. The Kier molecular flexibility index (Phi) is 5.21. The SMILES string of the molecule is Cc1cncnc1[C@@H]1CCCN(Cc2ccc(-c3ccccc3C(=O)O)o2)C1. The average molecular weight is 377 g/mol. The van der Waals surface area contributed by atoms with Gasteiger partial charge >= 0.3 is 5.97 Å². The molecule has 6 heteroatoms. The molecule has 2 aromatic heterocycles. The average Bonchev–Trinajstić information content (AvgIpc) is 3.17. The molecule has 0 unspecified atom stereocenters. The summed E-state index contributed by atoms with van der Waals surface area (Å²) in [6.45, 7) is 4.71. The first kappa shape index (κ1) is 18.4. The Hall–Kier alpha value is -2.99. The molecule has 0 saturated carbocycles. The normalized spacial score (nSPS) is 17.5. The van der Waals surface area contributed by atoms with Crippen LogP contribution >= 0.6 is 0 Å². The third kappa shape index (κ3) is 3.82. The van der Waals surface area contributed by atoms with E-state index in [0.717, 1.165) is 42.9 Å². The maximum absolute atomic E-state index is 11.5. The van der Waals surface area contributed by atoms with Crippen molar-refractivity contribution in [2.75, 3.05) is 13.1 Å². The van der Waals surface area contributed by atoms with Crippen molar-refractivity contribution in [1.82, 2.24) is 14.9 Å². The summed E-state index contributed by atoms with van der Waals surface area (Å²) in [5.74, 6) is 0.884. The predicted molar refractivity (Wildman–Crippen MR) is 105 cm³/mol. The second kappa shape index (κ2) is 7.94. The van der Waals surface area contributed by atoms with Gasteiger partial charge in [-0.05, 0) is 50.1 Å². The fourth-order valence-electron chi connectivity index (χ4n) is 3.97. The highest BCUT2D eigenvalue weighted by Gasteiger charge is 2.24. The first-order valence-corrected chi connectivity index (χ1v) is 9.52. The van der Waals surface area contributed by atoms with Crippen molar-refractivity contribution in [2.24, 2.45) is 0 Å². The molecule has 1 N–H and O–H groups in total. The quantitative estimate of drug-likeness (QED) is 0.720. The summed E-state index contributed by atoms with van der Waals surface area (Å²) in [6, 6.07) is 10.7. The van der Waals surface area contributed by atoms with Crippen LogP contribution in [0.4, 0.5) is 0 Å². The molecule has 1 fully saturated rings. The van der Waals surface area contributed by atoms with Crippen LogP contribution in [0.15, 0.2) is 53.3 Å². The number of carbonyl (C=O) groups is 1. The summed E-state index contributed by atoms with van der Waals surface area (Å²) in [4.78, 5) is 22.4. The summed E-state index contributed by atoms with van der Waals surface area (Å²) in [7, 11) is 0. The van der Waals surface area contributed by atoms with Gasteiger partial charge in [0, 0.05) is 24.2 Å². The van der Waals surface area contributed by atoms with Crippen molar-refractivity contribution in [3.8, 4) is 11.3 Å². The van der Waals surface area contributed by atoms with Gasteiger partial charge in [-0.15, -0.1) is 0 Å². The van der Waals surface area contributed by atoms with Gasteiger partial charge in [-0.1, -0.05) is 18.2 Å². The van der Waals surface area contributed by atoms with E-state index in [0.29, 0.717) is 23.8 Å². The number of benzene rings is 1. The Morgan fingerprint density at radius 2 is 2.14 bits per heavy atom. The van der Waals surface area contributed by atoms with Gasteiger partial charge in [-0.3, -0.25) is 4.90 Å². The lowest BCUT2D eigenvalue weighted by Crippen LogP contribution is -2.34. The van der Waals surface area contributed by atoms with Crippen LogP contribution < -0.4 is 0 Å². The van der Waals surface area contributed by atoms with E-state index < -0.39 is 5.97 Å². The minimum absolute atomic E-state index is 0.251. The highest BCUT2D eigenvalue weighted by atomic mass is 16.4. The van der Waals surface area contributed by atoms with Gasteiger partial charge in [0.25, 0.3) is 0 Å². The number of rotatable bonds is 5. The van der Waals surface area contributed by atoms with E-state index in [1.54, 1.807) is 24.5 Å². The van der Waals surface area contributed by atoms with Crippen molar-refractivity contribution >= 4 is 5.97 Å². The van der Waals surface area contributed by atoms with E-state index in [4.69, 9.17) is 4.42 Å². The smallest absolute Gasteiger partial charge is 0.336 e. The van der Waals surface area contributed by atoms with Gasteiger partial charge in [-0.25, -0.2) is 14.8 Å².